The van der Waals surface area contributed by atoms with E-state index >= 15 is 0 Å². The van der Waals surface area contributed by atoms with Crippen LogP contribution < -0.4 is 11.1 Å². The summed E-state index contributed by atoms with van der Waals surface area (Å²) in [6, 6.07) is 18.6. The third-order valence-corrected chi connectivity index (χ3v) is 3.40. The third kappa shape index (κ3) is 4.67. The van der Waals surface area contributed by atoms with Crippen molar-refractivity contribution in [1.29, 1.82) is 0 Å². The zero-order chi connectivity index (χ0) is 14.4. The van der Waals surface area contributed by atoms with Gasteiger partial charge in [-0.25, -0.2) is 0 Å². The van der Waals surface area contributed by atoms with Crippen molar-refractivity contribution in [2.24, 2.45) is 0 Å². The van der Waals surface area contributed by atoms with Crippen molar-refractivity contribution in [2.75, 3.05) is 5.73 Å². The molecule has 2 aromatic rings. The van der Waals surface area contributed by atoms with Crippen molar-refractivity contribution in [3.8, 4) is 0 Å². The van der Waals surface area contributed by atoms with Gasteiger partial charge in [0.25, 0.3) is 0 Å². The fourth-order valence-electron chi connectivity index (χ4n) is 2.17. The molecule has 0 unspecified atom stereocenters. The average molecular weight is 284 g/mol. The number of nitrogens with two attached hydrogens (primary N) is 1. The highest BCUT2D eigenvalue weighted by atomic mass is 32.1. The minimum absolute atomic E-state index is 0.332. The summed E-state index contributed by atoms with van der Waals surface area (Å²) >= 11 is 5.42. The predicted molar refractivity (Wildman–Crippen MR) is 89.9 cm³/mol. The second kappa shape index (κ2) is 7.06. The average Bonchev–Trinajstić information content (AvgIpc) is 2.42. The van der Waals surface area contributed by atoms with E-state index < -0.39 is 0 Å². The molecule has 0 aromatic heterocycles. The van der Waals surface area contributed by atoms with Gasteiger partial charge in [-0.05, 0) is 36.6 Å². The van der Waals surface area contributed by atoms with Crippen molar-refractivity contribution in [3.05, 3.63) is 65.7 Å². The molecule has 0 aliphatic carbocycles. The molecule has 0 aliphatic heterocycles. The van der Waals surface area contributed by atoms with Crippen LogP contribution >= 0.6 is 12.2 Å². The lowest BCUT2D eigenvalue weighted by atomic mass is 10.1. The van der Waals surface area contributed by atoms with E-state index in [0.717, 1.165) is 23.5 Å². The second-order valence-electron chi connectivity index (χ2n) is 5.08. The summed E-state index contributed by atoms with van der Waals surface area (Å²) in [6.07, 6.45) is 1.73. The van der Waals surface area contributed by atoms with Crippen LogP contribution in [-0.4, -0.2) is 11.0 Å². The Balaban J connectivity index is 1.83. The van der Waals surface area contributed by atoms with E-state index in [9.17, 15) is 0 Å². The number of hydrogen-bond donors (Lipinski definition) is 2. The number of rotatable bonds is 5. The fourth-order valence-corrected chi connectivity index (χ4v) is 2.53. The van der Waals surface area contributed by atoms with Crippen LogP contribution in [0, 0.1) is 0 Å². The molecule has 2 aromatic carbocycles. The van der Waals surface area contributed by atoms with Crippen LogP contribution in [0.5, 0.6) is 0 Å². The molecule has 104 valence electrons. The van der Waals surface area contributed by atoms with Gasteiger partial charge in [-0.15, -0.1) is 0 Å². The number of thiocarbonyl (C=S) groups is 1. The lowest BCUT2D eigenvalue weighted by Gasteiger charge is -2.16. The van der Waals surface area contributed by atoms with Crippen LogP contribution in [0.15, 0.2) is 54.6 Å². The Labute approximate surface area is 126 Å². The molecule has 1 atom stereocenters. The van der Waals surface area contributed by atoms with Gasteiger partial charge in [0.2, 0.25) is 0 Å². The van der Waals surface area contributed by atoms with Crippen molar-refractivity contribution >= 4 is 22.9 Å². The maximum absolute atomic E-state index is 5.68. The first kappa shape index (κ1) is 14.5. The summed E-state index contributed by atoms with van der Waals surface area (Å²) in [5.74, 6) is 0. The number of benzene rings is 2. The lowest BCUT2D eigenvalue weighted by molar-refractivity contribution is 0.660. The number of anilines is 1. The van der Waals surface area contributed by atoms with Crippen LogP contribution in [0.25, 0.3) is 0 Å². The van der Waals surface area contributed by atoms with Crippen molar-refractivity contribution in [3.63, 3.8) is 0 Å². The Morgan fingerprint density at radius 3 is 2.35 bits per heavy atom. The standard InChI is InChI=1S/C17H20N2S/c1-13(11-14-5-3-2-4-6-14)19-17(20)12-15-7-9-16(18)10-8-15/h2-10,13H,11-12,18H2,1H3,(H,19,20)/t13-/m0/s1. The fraction of sp³-hybridized carbons (Fsp3) is 0.235. The SMILES string of the molecule is C[C@@H](Cc1ccccc1)NC(=S)Cc1ccc(N)cc1. The van der Waals surface area contributed by atoms with E-state index in [0.29, 0.717) is 6.04 Å². The quantitative estimate of drug-likeness (QED) is 0.653. The molecule has 0 saturated carbocycles. The molecule has 20 heavy (non-hydrogen) atoms. The minimum Gasteiger partial charge on any atom is -0.399 e. The number of hydrogen-bond acceptors (Lipinski definition) is 2. The van der Waals surface area contributed by atoms with Gasteiger partial charge in [0.15, 0.2) is 0 Å². The van der Waals surface area contributed by atoms with Gasteiger partial charge in [-0.3, -0.25) is 0 Å². The van der Waals surface area contributed by atoms with E-state index in [1.165, 1.54) is 11.1 Å². The molecule has 0 heterocycles. The maximum Gasteiger partial charge on any atom is 0.0799 e. The van der Waals surface area contributed by atoms with Crippen molar-refractivity contribution < 1.29 is 0 Å². The highest BCUT2D eigenvalue weighted by molar-refractivity contribution is 7.80. The molecular formula is C17H20N2S. The highest BCUT2D eigenvalue weighted by Gasteiger charge is 2.06. The summed E-state index contributed by atoms with van der Waals surface area (Å²) in [5.41, 5.74) is 8.96. The minimum atomic E-state index is 0.332. The first-order valence-electron chi connectivity index (χ1n) is 6.81. The second-order valence-corrected chi connectivity index (χ2v) is 5.57. The zero-order valence-electron chi connectivity index (χ0n) is 11.7. The van der Waals surface area contributed by atoms with Gasteiger partial charge in [0.1, 0.15) is 0 Å². The molecule has 0 aliphatic rings. The van der Waals surface area contributed by atoms with Gasteiger partial charge in [0, 0.05) is 18.2 Å². The summed E-state index contributed by atoms with van der Waals surface area (Å²) < 4.78 is 0. The maximum atomic E-state index is 5.68. The summed E-state index contributed by atoms with van der Waals surface area (Å²) in [7, 11) is 0. The molecule has 3 heteroatoms. The topological polar surface area (TPSA) is 38.0 Å². The Morgan fingerprint density at radius 2 is 1.70 bits per heavy atom. The molecular weight excluding hydrogens is 264 g/mol. The van der Waals surface area contributed by atoms with E-state index in [4.69, 9.17) is 18.0 Å². The Hall–Kier alpha value is -1.87. The predicted octanol–water partition coefficient (Wildman–Crippen LogP) is 3.36. The smallest absolute Gasteiger partial charge is 0.0799 e. The van der Waals surface area contributed by atoms with Crippen molar-refractivity contribution in [2.45, 2.75) is 25.8 Å². The molecule has 2 rings (SSSR count). The molecule has 0 spiro atoms. The molecule has 0 saturated heterocycles. The molecule has 2 nitrogen and oxygen atoms in total. The van der Waals surface area contributed by atoms with Crippen LogP contribution in [-0.2, 0) is 12.8 Å². The van der Waals surface area contributed by atoms with Crippen LogP contribution in [0.1, 0.15) is 18.1 Å². The lowest BCUT2D eigenvalue weighted by Crippen LogP contribution is -2.33. The van der Waals surface area contributed by atoms with Crippen molar-refractivity contribution in [1.82, 2.24) is 5.32 Å². The van der Waals surface area contributed by atoms with Gasteiger partial charge in [0.05, 0.1) is 4.99 Å². The van der Waals surface area contributed by atoms with Gasteiger partial charge in [-0.2, -0.15) is 0 Å². The van der Waals surface area contributed by atoms with Gasteiger partial charge in [-0.1, -0.05) is 54.7 Å². The molecule has 0 fully saturated rings. The van der Waals surface area contributed by atoms with E-state index in [-0.39, 0.29) is 0 Å². The van der Waals surface area contributed by atoms with Crippen LogP contribution in [0.2, 0.25) is 0 Å². The zero-order valence-corrected chi connectivity index (χ0v) is 12.5. The third-order valence-electron chi connectivity index (χ3n) is 3.14. The van der Waals surface area contributed by atoms with Gasteiger partial charge < -0.3 is 11.1 Å². The van der Waals surface area contributed by atoms with Crippen LogP contribution in [0.3, 0.4) is 0 Å². The monoisotopic (exact) mass is 284 g/mol. The Bertz CT molecular complexity index is 549. The Kier molecular flexibility index (Phi) is 5.13. The highest BCUT2D eigenvalue weighted by Crippen LogP contribution is 2.07. The largest absolute Gasteiger partial charge is 0.399 e. The normalized spacial score (nSPS) is 11.8. The summed E-state index contributed by atoms with van der Waals surface area (Å²) in [5, 5.41) is 3.39. The first-order chi connectivity index (χ1) is 9.63. The first-order valence-corrected chi connectivity index (χ1v) is 7.22. The van der Waals surface area contributed by atoms with E-state index in [1.54, 1.807) is 0 Å². The summed E-state index contributed by atoms with van der Waals surface area (Å²) in [6.45, 7) is 2.16. The van der Waals surface area contributed by atoms with Gasteiger partial charge >= 0.3 is 0 Å². The molecule has 0 bridgehead atoms. The Morgan fingerprint density at radius 1 is 1.05 bits per heavy atom. The number of nitrogen functional groups attached to an aromatic ring is 1. The summed E-state index contributed by atoms with van der Waals surface area (Å²) in [4.78, 5) is 0.873. The van der Waals surface area contributed by atoms with E-state index in [1.807, 2.05) is 30.3 Å². The molecule has 0 radical (unpaired) electrons. The van der Waals surface area contributed by atoms with Crippen LogP contribution in [0.4, 0.5) is 5.69 Å². The molecule has 0 amide bonds. The van der Waals surface area contributed by atoms with E-state index in [2.05, 4.69) is 36.5 Å². The number of nitrogens with one attached hydrogen (secondary N) is 1. The molecule has 3 N–H and O–H groups in total.